The molecule has 3 rings (SSSR count). The predicted molar refractivity (Wildman–Crippen MR) is 48.2 cm³/mol. The average molecular weight is 178 g/mol. The Morgan fingerprint density at radius 3 is 2.77 bits per heavy atom. The maximum Gasteiger partial charge on any atom is 0.159 e. The highest BCUT2D eigenvalue weighted by Crippen LogP contribution is 2.45. The van der Waals surface area contributed by atoms with E-state index in [1.165, 1.54) is 18.4 Å². The number of aromatic nitrogens is 1. The third-order valence-corrected chi connectivity index (χ3v) is 3.20. The number of aryl methyl sites for hydroxylation is 1. The number of nitrogens with zero attached hydrogens (tertiary/aromatic N) is 1. The molecule has 2 aliphatic carbocycles. The predicted octanol–water partition coefficient (Wildman–Crippen LogP) is 1.50. The lowest BCUT2D eigenvalue weighted by molar-refractivity contribution is 0.349. The highest BCUT2D eigenvalue weighted by Gasteiger charge is 2.46. The average Bonchev–Trinajstić information content (AvgIpc) is 2.76. The van der Waals surface area contributed by atoms with E-state index in [1.807, 2.05) is 0 Å². The van der Waals surface area contributed by atoms with E-state index in [0.717, 1.165) is 37.1 Å². The van der Waals surface area contributed by atoms with Gasteiger partial charge in [-0.2, -0.15) is 0 Å². The SMILES string of the molecule is NC1(c2onc3c2CCCC3)CC1. The number of fused-ring (bicyclic) bond motifs is 1. The zero-order valence-corrected chi connectivity index (χ0v) is 7.68. The molecule has 0 atom stereocenters. The van der Waals surface area contributed by atoms with E-state index in [1.54, 1.807) is 0 Å². The Hall–Kier alpha value is -0.830. The van der Waals surface area contributed by atoms with E-state index >= 15 is 0 Å². The first-order chi connectivity index (χ1) is 6.30. The van der Waals surface area contributed by atoms with E-state index in [0.29, 0.717) is 0 Å². The van der Waals surface area contributed by atoms with E-state index in [2.05, 4.69) is 5.16 Å². The summed E-state index contributed by atoms with van der Waals surface area (Å²) in [5.41, 5.74) is 8.45. The summed E-state index contributed by atoms with van der Waals surface area (Å²) >= 11 is 0. The van der Waals surface area contributed by atoms with Gasteiger partial charge in [0.2, 0.25) is 0 Å². The Morgan fingerprint density at radius 1 is 1.23 bits per heavy atom. The molecule has 1 heterocycles. The van der Waals surface area contributed by atoms with Gasteiger partial charge in [0, 0.05) is 5.56 Å². The van der Waals surface area contributed by atoms with Crippen molar-refractivity contribution in [1.82, 2.24) is 5.16 Å². The third kappa shape index (κ3) is 1.03. The molecule has 13 heavy (non-hydrogen) atoms. The lowest BCUT2D eigenvalue weighted by atomic mass is 9.94. The van der Waals surface area contributed by atoms with E-state index < -0.39 is 0 Å². The molecule has 2 aliphatic rings. The maximum atomic E-state index is 6.10. The van der Waals surface area contributed by atoms with Gasteiger partial charge in [-0.3, -0.25) is 0 Å². The van der Waals surface area contributed by atoms with Crippen molar-refractivity contribution in [1.29, 1.82) is 0 Å². The van der Waals surface area contributed by atoms with Crippen molar-refractivity contribution in [2.45, 2.75) is 44.1 Å². The fraction of sp³-hybridized carbons (Fsp3) is 0.700. The normalized spacial score (nSPS) is 24.1. The Kier molecular flexibility index (Phi) is 1.37. The molecule has 0 saturated heterocycles. The summed E-state index contributed by atoms with van der Waals surface area (Å²) in [7, 11) is 0. The summed E-state index contributed by atoms with van der Waals surface area (Å²) in [6.45, 7) is 0. The van der Waals surface area contributed by atoms with Gasteiger partial charge in [-0.15, -0.1) is 0 Å². The molecule has 0 bridgehead atoms. The Morgan fingerprint density at radius 2 is 2.00 bits per heavy atom. The van der Waals surface area contributed by atoms with Crippen LogP contribution in [0.25, 0.3) is 0 Å². The summed E-state index contributed by atoms with van der Waals surface area (Å²) in [5, 5.41) is 4.11. The summed E-state index contributed by atoms with van der Waals surface area (Å²) in [5.74, 6) is 0.988. The minimum absolute atomic E-state index is 0.141. The quantitative estimate of drug-likeness (QED) is 0.709. The first kappa shape index (κ1) is 7.56. The van der Waals surface area contributed by atoms with Crippen LogP contribution < -0.4 is 5.73 Å². The lowest BCUT2D eigenvalue weighted by Gasteiger charge is -2.11. The Bertz CT molecular complexity index is 339. The van der Waals surface area contributed by atoms with Crippen molar-refractivity contribution in [2.24, 2.45) is 5.73 Å². The first-order valence-electron chi connectivity index (χ1n) is 5.06. The first-order valence-corrected chi connectivity index (χ1v) is 5.06. The molecular weight excluding hydrogens is 164 g/mol. The Labute approximate surface area is 77.3 Å². The van der Waals surface area contributed by atoms with Crippen molar-refractivity contribution in [2.75, 3.05) is 0 Å². The summed E-state index contributed by atoms with van der Waals surface area (Å²) in [4.78, 5) is 0. The number of hydrogen-bond acceptors (Lipinski definition) is 3. The van der Waals surface area contributed by atoms with Crippen LogP contribution in [0.3, 0.4) is 0 Å². The van der Waals surface area contributed by atoms with Crippen molar-refractivity contribution in [3.8, 4) is 0 Å². The second-order valence-corrected chi connectivity index (χ2v) is 4.30. The minimum Gasteiger partial charge on any atom is -0.359 e. The van der Waals surface area contributed by atoms with Crippen LogP contribution in [0.4, 0.5) is 0 Å². The van der Waals surface area contributed by atoms with Crippen LogP contribution in [0, 0.1) is 0 Å². The maximum absolute atomic E-state index is 6.10. The standard InChI is InChI=1S/C10H14N2O/c11-10(5-6-10)9-7-3-1-2-4-8(7)12-13-9/h1-6,11H2. The highest BCUT2D eigenvalue weighted by atomic mass is 16.5. The smallest absolute Gasteiger partial charge is 0.159 e. The van der Waals surface area contributed by atoms with Crippen LogP contribution in [0.5, 0.6) is 0 Å². The fourth-order valence-electron chi connectivity index (χ4n) is 2.14. The second-order valence-electron chi connectivity index (χ2n) is 4.30. The van der Waals surface area contributed by atoms with Crippen LogP contribution in [-0.2, 0) is 18.4 Å². The van der Waals surface area contributed by atoms with Gasteiger partial charge in [-0.1, -0.05) is 5.16 Å². The molecule has 0 amide bonds. The molecule has 1 fully saturated rings. The highest BCUT2D eigenvalue weighted by molar-refractivity contribution is 5.33. The van der Waals surface area contributed by atoms with Gasteiger partial charge in [-0.25, -0.2) is 0 Å². The molecular formula is C10H14N2O. The lowest BCUT2D eigenvalue weighted by Crippen LogP contribution is -2.20. The monoisotopic (exact) mass is 178 g/mol. The van der Waals surface area contributed by atoms with Crippen molar-refractivity contribution in [3.63, 3.8) is 0 Å². The van der Waals surface area contributed by atoms with Crippen LogP contribution in [0.2, 0.25) is 0 Å². The zero-order chi connectivity index (χ0) is 8.89. The number of rotatable bonds is 1. The molecule has 2 N–H and O–H groups in total. The van der Waals surface area contributed by atoms with Crippen LogP contribution in [0.15, 0.2) is 4.52 Å². The molecule has 1 saturated carbocycles. The third-order valence-electron chi connectivity index (χ3n) is 3.20. The van der Waals surface area contributed by atoms with Gasteiger partial charge >= 0.3 is 0 Å². The zero-order valence-electron chi connectivity index (χ0n) is 7.68. The number of nitrogens with two attached hydrogens (primary N) is 1. The van der Waals surface area contributed by atoms with Crippen LogP contribution >= 0.6 is 0 Å². The van der Waals surface area contributed by atoms with Crippen LogP contribution in [-0.4, -0.2) is 5.16 Å². The number of hydrogen-bond donors (Lipinski definition) is 1. The minimum atomic E-state index is -0.141. The van der Waals surface area contributed by atoms with Crippen molar-refractivity contribution < 1.29 is 4.52 Å². The van der Waals surface area contributed by atoms with Gasteiger partial charge in [0.05, 0.1) is 11.2 Å². The van der Waals surface area contributed by atoms with Crippen molar-refractivity contribution in [3.05, 3.63) is 17.0 Å². The summed E-state index contributed by atoms with van der Waals surface area (Å²) < 4.78 is 5.37. The molecule has 0 unspecified atom stereocenters. The largest absolute Gasteiger partial charge is 0.359 e. The van der Waals surface area contributed by atoms with Gasteiger partial charge in [0.1, 0.15) is 0 Å². The topological polar surface area (TPSA) is 52.0 Å². The molecule has 0 aromatic carbocycles. The van der Waals surface area contributed by atoms with Gasteiger partial charge in [-0.05, 0) is 38.5 Å². The molecule has 1 aromatic rings. The summed E-state index contributed by atoms with van der Waals surface area (Å²) in [6, 6.07) is 0. The molecule has 0 radical (unpaired) electrons. The molecule has 1 aromatic heterocycles. The summed E-state index contributed by atoms with van der Waals surface area (Å²) in [6.07, 6.45) is 6.83. The van der Waals surface area contributed by atoms with Crippen LogP contribution in [0.1, 0.15) is 42.7 Å². The van der Waals surface area contributed by atoms with E-state index in [4.69, 9.17) is 10.3 Å². The van der Waals surface area contributed by atoms with Gasteiger partial charge < -0.3 is 10.3 Å². The van der Waals surface area contributed by atoms with E-state index in [-0.39, 0.29) is 5.54 Å². The van der Waals surface area contributed by atoms with Crippen molar-refractivity contribution >= 4 is 0 Å². The molecule has 3 nitrogen and oxygen atoms in total. The fourth-order valence-corrected chi connectivity index (χ4v) is 2.14. The second kappa shape index (κ2) is 2.35. The van der Waals surface area contributed by atoms with Gasteiger partial charge in [0.15, 0.2) is 5.76 Å². The van der Waals surface area contributed by atoms with E-state index in [9.17, 15) is 0 Å². The molecule has 3 heteroatoms. The molecule has 70 valence electrons. The molecule has 0 spiro atoms. The Balaban J connectivity index is 2.06. The molecule has 0 aliphatic heterocycles. The van der Waals surface area contributed by atoms with Gasteiger partial charge in [0.25, 0.3) is 0 Å².